The molecular weight excluding hydrogens is 198 g/mol. The van der Waals surface area contributed by atoms with Gasteiger partial charge in [0.25, 0.3) is 0 Å². The Morgan fingerprint density at radius 1 is 1.50 bits per heavy atom. The topological polar surface area (TPSA) is 29.3 Å². The van der Waals surface area contributed by atoms with Crippen LogP contribution in [0.4, 0.5) is 5.69 Å². The van der Waals surface area contributed by atoms with Gasteiger partial charge in [0.05, 0.1) is 11.2 Å². The van der Waals surface area contributed by atoms with E-state index in [2.05, 4.69) is 17.2 Å². The van der Waals surface area contributed by atoms with Gasteiger partial charge in [-0.05, 0) is 12.1 Å². The molecule has 0 spiro atoms. The summed E-state index contributed by atoms with van der Waals surface area (Å²) in [6, 6.07) is 3.96. The zero-order chi connectivity index (χ0) is 10.1. The number of anilines is 1. The van der Waals surface area contributed by atoms with E-state index in [9.17, 15) is 0 Å². The summed E-state index contributed by atoms with van der Waals surface area (Å²) in [6.07, 6.45) is 2.88. The van der Waals surface area contributed by atoms with Gasteiger partial charge in [0.15, 0.2) is 5.15 Å². The number of nitrogens with zero attached hydrogens (tertiary/aromatic N) is 2. The molecular formula is C10H12ClN3. The first kappa shape index (κ1) is 9.34. The number of fused-ring (bicyclic) bond motifs is 1. The Balaban J connectivity index is 2.71. The number of pyridine rings is 1. The zero-order valence-corrected chi connectivity index (χ0v) is 8.97. The minimum absolute atomic E-state index is 0.574. The van der Waals surface area contributed by atoms with E-state index in [1.807, 2.05) is 29.8 Å². The Morgan fingerprint density at radius 2 is 2.29 bits per heavy atom. The first-order chi connectivity index (χ1) is 6.76. The van der Waals surface area contributed by atoms with Gasteiger partial charge in [0, 0.05) is 19.7 Å². The fourth-order valence-electron chi connectivity index (χ4n) is 1.50. The summed E-state index contributed by atoms with van der Waals surface area (Å²) in [4.78, 5) is 4.28. The maximum absolute atomic E-state index is 6.00. The van der Waals surface area contributed by atoms with E-state index in [0.29, 0.717) is 5.15 Å². The average Bonchev–Trinajstić information content (AvgIpc) is 2.55. The molecule has 3 nitrogen and oxygen atoms in total. The number of rotatable bonds is 2. The van der Waals surface area contributed by atoms with Gasteiger partial charge >= 0.3 is 0 Å². The Bertz CT molecular complexity index is 462. The highest BCUT2D eigenvalue weighted by molar-refractivity contribution is 6.32. The van der Waals surface area contributed by atoms with E-state index < -0.39 is 0 Å². The molecule has 0 bridgehead atoms. The molecule has 0 saturated carbocycles. The van der Waals surface area contributed by atoms with E-state index in [1.165, 1.54) is 0 Å². The molecule has 4 heteroatoms. The van der Waals surface area contributed by atoms with Gasteiger partial charge in [-0.3, -0.25) is 0 Å². The van der Waals surface area contributed by atoms with E-state index in [-0.39, 0.29) is 0 Å². The lowest BCUT2D eigenvalue weighted by molar-refractivity contribution is 0.934. The van der Waals surface area contributed by atoms with Crippen molar-refractivity contribution in [3.63, 3.8) is 0 Å². The largest absolute Gasteiger partial charge is 0.387 e. The lowest BCUT2D eigenvalue weighted by Crippen LogP contribution is -1.95. The van der Waals surface area contributed by atoms with Crippen molar-refractivity contribution in [3.05, 3.63) is 29.3 Å². The van der Waals surface area contributed by atoms with E-state index in [1.54, 1.807) is 0 Å². The van der Waals surface area contributed by atoms with Crippen LogP contribution in [0.1, 0.15) is 12.7 Å². The van der Waals surface area contributed by atoms with Gasteiger partial charge in [0.1, 0.15) is 5.82 Å². The molecule has 0 aliphatic rings. The van der Waals surface area contributed by atoms with Crippen molar-refractivity contribution < 1.29 is 0 Å². The van der Waals surface area contributed by atoms with Crippen LogP contribution >= 0.6 is 11.6 Å². The van der Waals surface area contributed by atoms with Crippen LogP contribution < -0.4 is 5.32 Å². The number of halogens is 1. The predicted molar refractivity (Wildman–Crippen MR) is 59.1 cm³/mol. The highest BCUT2D eigenvalue weighted by Crippen LogP contribution is 2.20. The summed E-state index contributed by atoms with van der Waals surface area (Å²) < 4.78 is 2.02. The second kappa shape index (κ2) is 3.50. The first-order valence-corrected chi connectivity index (χ1v) is 4.98. The molecule has 0 aliphatic carbocycles. The molecule has 0 aliphatic heterocycles. The molecule has 14 heavy (non-hydrogen) atoms. The summed E-state index contributed by atoms with van der Waals surface area (Å²) in [5, 5.41) is 3.66. The lowest BCUT2D eigenvalue weighted by Gasteiger charge is -2.02. The van der Waals surface area contributed by atoms with Crippen LogP contribution in [0.3, 0.4) is 0 Å². The third-order valence-corrected chi connectivity index (χ3v) is 2.55. The Kier molecular flexibility index (Phi) is 2.33. The minimum atomic E-state index is 0.574. The highest BCUT2D eigenvalue weighted by atomic mass is 35.5. The molecule has 0 fully saturated rings. The van der Waals surface area contributed by atoms with Crippen molar-refractivity contribution in [1.29, 1.82) is 0 Å². The molecule has 1 N–H and O–H groups in total. The van der Waals surface area contributed by atoms with Crippen LogP contribution in [-0.4, -0.2) is 16.4 Å². The summed E-state index contributed by atoms with van der Waals surface area (Å²) in [5.74, 6) is 0.988. The smallest absolute Gasteiger partial charge is 0.155 e. The van der Waals surface area contributed by atoms with E-state index >= 15 is 0 Å². The molecule has 2 aromatic rings. The SMILES string of the molecule is CCc1nc(Cl)c2ccc(NC)cn12. The van der Waals surface area contributed by atoms with E-state index in [0.717, 1.165) is 23.4 Å². The van der Waals surface area contributed by atoms with Crippen LogP contribution in [0.5, 0.6) is 0 Å². The van der Waals surface area contributed by atoms with Crippen molar-refractivity contribution in [2.75, 3.05) is 12.4 Å². The summed E-state index contributed by atoms with van der Waals surface area (Å²) in [5.41, 5.74) is 2.02. The van der Waals surface area contributed by atoms with Gasteiger partial charge in [0.2, 0.25) is 0 Å². The second-order valence-electron chi connectivity index (χ2n) is 3.10. The van der Waals surface area contributed by atoms with Gasteiger partial charge in [-0.2, -0.15) is 0 Å². The maximum Gasteiger partial charge on any atom is 0.155 e. The van der Waals surface area contributed by atoms with Gasteiger partial charge in [-0.25, -0.2) is 4.98 Å². The third kappa shape index (κ3) is 1.34. The molecule has 0 radical (unpaired) electrons. The first-order valence-electron chi connectivity index (χ1n) is 4.60. The van der Waals surface area contributed by atoms with Gasteiger partial charge in [-0.1, -0.05) is 18.5 Å². The third-order valence-electron chi connectivity index (χ3n) is 2.27. The molecule has 2 aromatic heterocycles. The van der Waals surface area contributed by atoms with Crippen molar-refractivity contribution in [3.8, 4) is 0 Å². The van der Waals surface area contributed by atoms with Crippen molar-refractivity contribution >= 4 is 22.8 Å². The number of hydrogen-bond donors (Lipinski definition) is 1. The molecule has 74 valence electrons. The quantitative estimate of drug-likeness (QED) is 0.824. The molecule has 0 aromatic carbocycles. The predicted octanol–water partition coefficient (Wildman–Crippen LogP) is 2.59. The second-order valence-corrected chi connectivity index (χ2v) is 3.45. The summed E-state index contributed by atoms with van der Waals surface area (Å²) >= 11 is 6.00. The van der Waals surface area contributed by atoms with Crippen molar-refractivity contribution in [2.24, 2.45) is 0 Å². The molecule has 2 heterocycles. The van der Waals surface area contributed by atoms with Crippen molar-refractivity contribution in [2.45, 2.75) is 13.3 Å². The highest BCUT2D eigenvalue weighted by Gasteiger charge is 2.07. The van der Waals surface area contributed by atoms with Crippen LogP contribution in [0.15, 0.2) is 18.3 Å². The van der Waals surface area contributed by atoms with Gasteiger partial charge < -0.3 is 9.72 Å². The zero-order valence-electron chi connectivity index (χ0n) is 8.21. The maximum atomic E-state index is 6.00. The number of nitrogens with one attached hydrogen (secondary N) is 1. The lowest BCUT2D eigenvalue weighted by atomic mass is 10.3. The molecule has 0 saturated heterocycles. The van der Waals surface area contributed by atoms with Gasteiger partial charge in [-0.15, -0.1) is 0 Å². The number of aromatic nitrogens is 2. The molecule has 0 amide bonds. The monoisotopic (exact) mass is 209 g/mol. The Morgan fingerprint density at radius 3 is 2.93 bits per heavy atom. The Hall–Kier alpha value is -1.22. The fourth-order valence-corrected chi connectivity index (χ4v) is 1.76. The van der Waals surface area contributed by atoms with Crippen LogP contribution in [0.25, 0.3) is 5.52 Å². The number of aryl methyl sites for hydroxylation is 1. The van der Waals surface area contributed by atoms with Crippen LogP contribution in [0.2, 0.25) is 5.15 Å². The summed E-state index contributed by atoms with van der Waals surface area (Å²) in [6.45, 7) is 2.07. The Labute approximate surface area is 87.7 Å². The fraction of sp³-hybridized carbons (Fsp3) is 0.300. The average molecular weight is 210 g/mol. The normalized spacial score (nSPS) is 10.8. The summed E-state index contributed by atoms with van der Waals surface area (Å²) in [7, 11) is 1.89. The molecule has 2 rings (SSSR count). The van der Waals surface area contributed by atoms with Crippen LogP contribution in [0, 0.1) is 0 Å². The number of imidazole rings is 1. The molecule has 0 atom stereocenters. The molecule has 0 unspecified atom stereocenters. The number of hydrogen-bond acceptors (Lipinski definition) is 2. The van der Waals surface area contributed by atoms with Crippen molar-refractivity contribution in [1.82, 2.24) is 9.38 Å². The standard InChI is InChI=1S/C10H12ClN3/c1-3-9-13-10(11)8-5-4-7(12-2)6-14(8)9/h4-6,12H,3H2,1-2H3. The van der Waals surface area contributed by atoms with Crippen LogP contribution in [-0.2, 0) is 6.42 Å². The minimum Gasteiger partial charge on any atom is -0.387 e. The van der Waals surface area contributed by atoms with E-state index in [4.69, 9.17) is 11.6 Å².